The van der Waals surface area contributed by atoms with Gasteiger partial charge in [-0.25, -0.2) is 8.42 Å². The Hall–Kier alpha value is -2.54. The number of carbonyl (C=O) groups is 1. The number of carbonyl (C=O) groups excluding carboxylic acids is 1. The number of benzene rings is 2. The van der Waals surface area contributed by atoms with Crippen LogP contribution < -0.4 is 14.4 Å². The molecule has 0 radical (unpaired) electrons. The topological polar surface area (TPSA) is 72.9 Å². The minimum atomic E-state index is -3.11. The number of hydrogen-bond acceptors (Lipinski definition) is 5. The highest BCUT2D eigenvalue weighted by molar-refractivity contribution is 7.91. The van der Waals surface area contributed by atoms with Gasteiger partial charge in [-0.1, -0.05) is 18.2 Å². The normalized spacial score (nSPS) is 18.3. The van der Waals surface area contributed by atoms with Crippen molar-refractivity contribution < 1.29 is 22.7 Å². The van der Waals surface area contributed by atoms with Gasteiger partial charge in [-0.3, -0.25) is 4.79 Å². The van der Waals surface area contributed by atoms with Crippen LogP contribution in [0.15, 0.2) is 54.6 Å². The molecule has 1 atom stereocenters. The Bertz CT molecular complexity index is 849. The standard InChI is InChI=1S/C19H21NO5S/c1-24-17-7-9-18(10-8-17)25-13-19(21)20(15-5-3-2-4-6-15)16-11-12-26(22,23)14-16/h2-10,16H,11-14H2,1H3/t16-/m1/s1. The highest BCUT2D eigenvalue weighted by Gasteiger charge is 2.35. The second-order valence-electron chi connectivity index (χ2n) is 6.12. The Labute approximate surface area is 153 Å². The van der Waals surface area contributed by atoms with Crippen LogP contribution in [0.2, 0.25) is 0 Å². The fraction of sp³-hybridized carbons (Fsp3) is 0.316. The molecule has 2 aromatic carbocycles. The van der Waals surface area contributed by atoms with E-state index < -0.39 is 9.84 Å². The maximum absolute atomic E-state index is 12.8. The number of para-hydroxylation sites is 1. The smallest absolute Gasteiger partial charge is 0.265 e. The van der Waals surface area contributed by atoms with Gasteiger partial charge in [0.1, 0.15) is 11.5 Å². The molecule has 1 heterocycles. The first kappa shape index (κ1) is 18.3. The molecule has 0 spiro atoms. The third-order valence-electron chi connectivity index (χ3n) is 4.30. The average molecular weight is 375 g/mol. The minimum Gasteiger partial charge on any atom is -0.497 e. The van der Waals surface area contributed by atoms with E-state index in [2.05, 4.69) is 0 Å². The molecule has 7 heteroatoms. The molecule has 1 fully saturated rings. The van der Waals surface area contributed by atoms with Crippen LogP contribution in [-0.4, -0.2) is 45.6 Å². The van der Waals surface area contributed by atoms with E-state index in [-0.39, 0.29) is 30.1 Å². The number of rotatable bonds is 6. The number of sulfone groups is 1. The number of anilines is 1. The monoisotopic (exact) mass is 375 g/mol. The summed E-state index contributed by atoms with van der Waals surface area (Å²) < 4.78 is 34.4. The van der Waals surface area contributed by atoms with Crippen molar-refractivity contribution >= 4 is 21.4 Å². The zero-order chi connectivity index (χ0) is 18.6. The van der Waals surface area contributed by atoms with E-state index in [0.29, 0.717) is 23.6 Å². The third-order valence-corrected chi connectivity index (χ3v) is 6.05. The molecule has 6 nitrogen and oxygen atoms in total. The Morgan fingerprint density at radius 1 is 1.08 bits per heavy atom. The van der Waals surface area contributed by atoms with Gasteiger partial charge >= 0.3 is 0 Å². The van der Waals surface area contributed by atoms with Gasteiger partial charge in [0.25, 0.3) is 5.91 Å². The van der Waals surface area contributed by atoms with Gasteiger partial charge in [0.2, 0.25) is 0 Å². The van der Waals surface area contributed by atoms with Gasteiger partial charge < -0.3 is 14.4 Å². The number of methoxy groups -OCH3 is 1. The number of hydrogen-bond donors (Lipinski definition) is 0. The lowest BCUT2D eigenvalue weighted by molar-refractivity contribution is -0.121. The van der Waals surface area contributed by atoms with E-state index in [1.165, 1.54) is 0 Å². The molecule has 2 aromatic rings. The van der Waals surface area contributed by atoms with Gasteiger partial charge in [-0.15, -0.1) is 0 Å². The number of amides is 1. The first-order valence-electron chi connectivity index (χ1n) is 8.33. The highest BCUT2D eigenvalue weighted by Crippen LogP contribution is 2.25. The summed E-state index contributed by atoms with van der Waals surface area (Å²) in [5.74, 6) is 1.06. The quantitative estimate of drug-likeness (QED) is 0.775. The summed E-state index contributed by atoms with van der Waals surface area (Å²) in [5, 5.41) is 0. The fourth-order valence-corrected chi connectivity index (χ4v) is 4.71. The Morgan fingerprint density at radius 2 is 1.73 bits per heavy atom. The molecule has 1 amide bonds. The van der Waals surface area contributed by atoms with E-state index in [1.54, 1.807) is 48.4 Å². The van der Waals surface area contributed by atoms with Crippen molar-refractivity contribution in [1.82, 2.24) is 0 Å². The Balaban J connectivity index is 1.74. The van der Waals surface area contributed by atoms with Crippen LogP contribution in [0.4, 0.5) is 5.69 Å². The molecular formula is C19H21NO5S. The van der Waals surface area contributed by atoms with Crippen LogP contribution in [0.3, 0.4) is 0 Å². The van der Waals surface area contributed by atoms with Gasteiger partial charge in [0.05, 0.1) is 24.7 Å². The number of nitrogens with zero attached hydrogens (tertiary/aromatic N) is 1. The molecule has 0 saturated carbocycles. The van der Waals surface area contributed by atoms with Crippen molar-refractivity contribution in [1.29, 1.82) is 0 Å². The maximum Gasteiger partial charge on any atom is 0.265 e. The summed E-state index contributed by atoms with van der Waals surface area (Å²) in [4.78, 5) is 14.4. The molecule has 1 aliphatic heterocycles. The summed E-state index contributed by atoms with van der Waals surface area (Å²) in [5.41, 5.74) is 0.679. The molecule has 138 valence electrons. The van der Waals surface area contributed by atoms with Crippen molar-refractivity contribution in [2.75, 3.05) is 30.1 Å². The lowest BCUT2D eigenvalue weighted by Gasteiger charge is -2.28. The van der Waals surface area contributed by atoms with Crippen LogP contribution in [-0.2, 0) is 14.6 Å². The molecular weight excluding hydrogens is 354 g/mol. The van der Waals surface area contributed by atoms with Crippen molar-refractivity contribution in [2.45, 2.75) is 12.5 Å². The van der Waals surface area contributed by atoms with Crippen LogP contribution in [0.5, 0.6) is 11.5 Å². The average Bonchev–Trinajstić information content (AvgIpc) is 3.01. The molecule has 0 aromatic heterocycles. The lowest BCUT2D eigenvalue weighted by atomic mass is 10.2. The molecule has 0 N–H and O–H groups in total. The molecule has 1 aliphatic rings. The summed E-state index contributed by atoms with van der Waals surface area (Å²) in [6.07, 6.45) is 0.436. The molecule has 1 saturated heterocycles. The van der Waals surface area contributed by atoms with E-state index in [1.807, 2.05) is 18.2 Å². The van der Waals surface area contributed by atoms with E-state index >= 15 is 0 Å². The van der Waals surface area contributed by atoms with Crippen molar-refractivity contribution in [2.24, 2.45) is 0 Å². The zero-order valence-electron chi connectivity index (χ0n) is 14.5. The molecule has 0 bridgehead atoms. The largest absolute Gasteiger partial charge is 0.497 e. The predicted molar refractivity (Wildman–Crippen MR) is 99.5 cm³/mol. The summed E-state index contributed by atoms with van der Waals surface area (Å²) in [6.45, 7) is -0.169. The van der Waals surface area contributed by atoms with E-state index in [4.69, 9.17) is 9.47 Å². The molecule has 0 unspecified atom stereocenters. The van der Waals surface area contributed by atoms with Crippen molar-refractivity contribution in [3.63, 3.8) is 0 Å². The third kappa shape index (κ3) is 4.35. The van der Waals surface area contributed by atoms with Crippen LogP contribution in [0, 0.1) is 0 Å². The summed E-state index contributed by atoms with van der Waals surface area (Å²) >= 11 is 0. The Morgan fingerprint density at radius 3 is 2.31 bits per heavy atom. The predicted octanol–water partition coefficient (Wildman–Crippen LogP) is 2.29. The second kappa shape index (κ2) is 7.78. The lowest BCUT2D eigenvalue weighted by Crippen LogP contribution is -2.43. The van der Waals surface area contributed by atoms with Crippen LogP contribution in [0.1, 0.15) is 6.42 Å². The van der Waals surface area contributed by atoms with Gasteiger partial charge in [-0.05, 0) is 42.8 Å². The SMILES string of the molecule is COc1ccc(OCC(=O)N(c2ccccc2)[C@@H]2CCS(=O)(=O)C2)cc1. The Kier molecular flexibility index (Phi) is 5.46. The summed E-state index contributed by atoms with van der Waals surface area (Å²) in [6, 6.07) is 15.7. The summed E-state index contributed by atoms with van der Waals surface area (Å²) in [7, 11) is -1.53. The second-order valence-corrected chi connectivity index (χ2v) is 8.35. The molecule has 26 heavy (non-hydrogen) atoms. The maximum atomic E-state index is 12.8. The van der Waals surface area contributed by atoms with Crippen molar-refractivity contribution in [3.05, 3.63) is 54.6 Å². The van der Waals surface area contributed by atoms with Gasteiger partial charge in [0.15, 0.2) is 16.4 Å². The van der Waals surface area contributed by atoms with Crippen LogP contribution in [0.25, 0.3) is 0 Å². The van der Waals surface area contributed by atoms with Crippen molar-refractivity contribution in [3.8, 4) is 11.5 Å². The zero-order valence-corrected chi connectivity index (χ0v) is 15.3. The first-order chi connectivity index (χ1) is 12.5. The minimum absolute atomic E-state index is 0.0177. The van der Waals surface area contributed by atoms with E-state index in [9.17, 15) is 13.2 Å². The molecule has 0 aliphatic carbocycles. The molecule has 3 rings (SSSR count). The van der Waals surface area contributed by atoms with Gasteiger partial charge in [0, 0.05) is 5.69 Å². The van der Waals surface area contributed by atoms with E-state index in [0.717, 1.165) is 0 Å². The fourth-order valence-electron chi connectivity index (χ4n) is 3.01. The highest BCUT2D eigenvalue weighted by atomic mass is 32.2. The van der Waals surface area contributed by atoms with Crippen LogP contribution >= 0.6 is 0 Å². The number of ether oxygens (including phenoxy) is 2. The first-order valence-corrected chi connectivity index (χ1v) is 10.1. The van der Waals surface area contributed by atoms with Gasteiger partial charge in [-0.2, -0.15) is 0 Å².